The van der Waals surface area contributed by atoms with Gasteiger partial charge in [0, 0.05) is 25.3 Å². The van der Waals surface area contributed by atoms with Crippen molar-refractivity contribution in [3.8, 4) is 0 Å². The Morgan fingerprint density at radius 2 is 2.16 bits per heavy atom. The zero-order valence-corrected chi connectivity index (χ0v) is 12.2. The zero-order valence-electron chi connectivity index (χ0n) is 12.2. The van der Waals surface area contributed by atoms with E-state index in [1.54, 1.807) is 12.1 Å². The minimum atomic E-state index is -0.183. The maximum absolute atomic E-state index is 13.3. The Morgan fingerprint density at radius 1 is 1.42 bits per heavy atom. The van der Waals surface area contributed by atoms with Crippen LogP contribution in [0.4, 0.5) is 10.1 Å². The minimum Gasteiger partial charge on any atom is -0.374 e. The molecule has 0 heterocycles. The summed E-state index contributed by atoms with van der Waals surface area (Å²) in [6.07, 6.45) is 3.61. The highest BCUT2D eigenvalue weighted by Gasteiger charge is 2.36. The summed E-state index contributed by atoms with van der Waals surface area (Å²) in [5.74, 6) is 0.301. The molecule has 0 amide bonds. The molecule has 2 rings (SSSR count). The number of hydrogen-bond donors (Lipinski definition) is 1. The summed E-state index contributed by atoms with van der Waals surface area (Å²) < 4.78 is 13.3. The van der Waals surface area contributed by atoms with Gasteiger partial charge in [0.05, 0.1) is 0 Å². The molecule has 1 aromatic carbocycles. The Morgan fingerprint density at radius 3 is 2.84 bits per heavy atom. The normalized spacial score (nSPS) is 26.2. The molecule has 2 nitrogen and oxygen atoms in total. The molecule has 0 aliphatic heterocycles. The molecule has 1 fully saturated rings. The van der Waals surface area contributed by atoms with Crippen LogP contribution in [0, 0.1) is 17.2 Å². The number of nitrogens with two attached hydrogens (primary N) is 1. The van der Waals surface area contributed by atoms with Crippen LogP contribution in [0.25, 0.3) is 0 Å². The number of benzene rings is 1. The fourth-order valence-electron chi connectivity index (χ4n) is 3.18. The first-order valence-electron chi connectivity index (χ1n) is 7.12. The van der Waals surface area contributed by atoms with Gasteiger partial charge in [-0.2, -0.15) is 0 Å². The van der Waals surface area contributed by atoms with Gasteiger partial charge < -0.3 is 10.6 Å². The number of hydrogen-bond acceptors (Lipinski definition) is 2. The fourth-order valence-corrected chi connectivity index (χ4v) is 3.18. The van der Waals surface area contributed by atoms with Crippen molar-refractivity contribution in [3.63, 3.8) is 0 Å². The lowest BCUT2D eigenvalue weighted by atomic mass is 9.68. The van der Waals surface area contributed by atoms with E-state index >= 15 is 0 Å². The Kier molecular flexibility index (Phi) is 4.14. The van der Waals surface area contributed by atoms with E-state index in [4.69, 9.17) is 5.73 Å². The minimum absolute atomic E-state index is 0.183. The second kappa shape index (κ2) is 5.49. The summed E-state index contributed by atoms with van der Waals surface area (Å²) in [4.78, 5) is 2.12. The summed E-state index contributed by atoms with van der Waals surface area (Å²) in [7, 11) is 2.02. The molecule has 0 aromatic heterocycles. The number of nitrogens with zero attached hydrogens (tertiary/aromatic N) is 1. The number of rotatable bonds is 3. The van der Waals surface area contributed by atoms with Gasteiger partial charge in [0.2, 0.25) is 0 Å². The summed E-state index contributed by atoms with van der Waals surface area (Å²) in [5, 5.41) is 0. The van der Waals surface area contributed by atoms with Crippen molar-refractivity contribution >= 4 is 5.69 Å². The lowest BCUT2D eigenvalue weighted by Gasteiger charge is -2.43. The van der Waals surface area contributed by atoms with Gasteiger partial charge in [-0.05, 0) is 42.4 Å². The third-order valence-electron chi connectivity index (χ3n) is 4.56. The quantitative estimate of drug-likeness (QED) is 0.906. The molecule has 0 saturated heterocycles. The summed E-state index contributed by atoms with van der Waals surface area (Å²) >= 11 is 0. The van der Waals surface area contributed by atoms with Crippen LogP contribution in [0.3, 0.4) is 0 Å². The maximum Gasteiger partial charge on any atom is 0.125 e. The highest BCUT2D eigenvalue weighted by molar-refractivity contribution is 5.45. The summed E-state index contributed by atoms with van der Waals surface area (Å²) in [5.41, 5.74) is 7.55. The van der Waals surface area contributed by atoms with Crippen molar-refractivity contribution in [3.05, 3.63) is 30.1 Å². The van der Waals surface area contributed by atoms with E-state index < -0.39 is 0 Å². The lowest BCUT2D eigenvalue weighted by Crippen LogP contribution is -2.49. The van der Waals surface area contributed by atoms with Crippen LogP contribution in [-0.2, 0) is 0 Å². The van der Waals surface area contributed by atoms with E-state index in [0.717, 1.165) is 12.2 Å². The number of anilines is 1. The third kappa shape index (κ3) is 3.27. The first-order chi connectivity index (χ1) is 8.90. The highest BCUT2D eigenvalue weighted by Crippen LogP contribution is 2.38. The molecule has 2 atom stereocenters. The first kappa shape index (κ1) is 14.3. The molecule has 2 N–H and O–H groups in total. The predicted octanol–water partition coefficient (Wildman–Crippen LogP) is 3.42. The Hall–Kier alpha value is -1.09. The second-order valence-corrected chi connectivity index (χ2v) is 6.53. The van der Waals surface area contributed by atoms with Crippen LogP contribution < -0.4 is 10.6 Å². The van der Waals surface area contributed by atoms with E-state index in [-0.39, 0.29) is 17.3 Å². The predicted molar refractivity (Wildman–Crippen MR) is 78.8 cm³/mol. The Labute approximate surface area is 115 Å². The van der Waals surface area contributed by atoms with Gasteiger partial charge in [0.1, 0.15) is 5.82 Å². The largest absolute Gasteiger partial charge is 0.374 e. The first-order valence-corrected chi connectivity index (χ1v) is 7.12. The molecule has 3 heteroatoms. The van der Waals surface area contributed by atoms with Crippen LogP contribution in [0.2, 0.25) is 0 Å². The lowest BCUT2D eigenvalue weighted by molar-refractivity contribution is 0.142. The van der Waals surface area contributed by atoms with Crippen molar-refractivity contribution < 1.29 is 4.39 Å². The molecule has 2 unspecified atom stereocenters. The van der Waals surface area contributed by atoms with E-state index in [9.17, 15) is 4.39 Å². The highest BCUT2D eigenvalue weighted by atomic mass is 19.1. The second-order valence-electron chi connectivity index (χ2n) is 6.53. The summed E-state index contributed by atoms with van der Waals surface area (Å²) in [6, 6.07) is 6.98. The fraction of sp³-hybridized carbons (Fsp3) is 0.625. The van der Waals surface area contributed by atoms with E-state index in [1.807, 2.05) is 13.1 Å². The van der Waals surface area contributed by atoms with Gasteiger partial charge >= 0.3 is 0 Å². The van der Waals surface area contributed by atoms with Gasteiger partial charge in [-0.25, -0.2) is 4.39 Å². The molecule has 1 aromatic rings. The van der Waals surface area contributed by atoms with Gasteiger partial charge in [0.25, 0.3) is 0 Å². The molecule has 0 radical (unpaired) electrons. The topological polar surface area (TPSA) is 29.3 Å². The molecule has 1 saturated carbocycles. The molecule has 106 valence electrons. The van der Waals surface area contributed by atoms with Gasteiger partial charge in [-0.1, -0.05) is 26.3 Å². The summed E-state index contributed by atoms with van der Waals surface area (Å²) in [6.45, 7) is 5.41. The van der Waals surface area contributed by atoms with Crippen LogP contribution in [0.1, 0.15) is 33.1 Å². The van der Waals surface area contributed by atoms with E-state index in [1.165, 1.54) is 25.3 Å². The standard InChI is InChI=1S/C16H25FN2/c1-16(2)9-5-6-12(15(16)18)11-19(3)14-8-4-7-13(17)10-14/h4,7-8,10,12,15H,5-6,9,11,18H2,1-3H3. The van der Waals surface area contributed by atoms with Crippen molar-refractivity contribution in [1.82, 2.24) is 0 Å². The van der Waals surface area contributed by atoms with Crippen molar-refractivity contribution in [2.24, 2.45) is 17.1 Å². The molecular formula is C16H25FN2. The van der Waals surface area contributed by atoms with E-state index in [0.29, 0.717) is 5.92 Å². The van der Waals surface area contributed by atoms with Crippen LogP contribution >= 0.6 is 0 Å². The van der Waals surface area contributed by atoms with Crippen molar-refractivity contribution in [2.75, 3.05) is 18.5 Å². The van der Waals surface area contributed by atoms with Crippen LogP contribution in [0.5, 0.6) is 0 Å². The average Bonchev–Trinajstić information content (AvgIpc) is 2.35. The van der Waals surface area contributed by atoms with Crippen LogP contribution in [0.15, 0.2) is 24.3 Å². The molecule has 1 aliphatic carbocycles. The maximum atomic E-state index is 13.3. The van der Waals surface area contributed by atoms with Crippen molar-refractivity contribution in [2.45, 2.75) is 39.2 Å². The molecule has 1 aliphatic rings. The van der Waals surface area contributed by atoms with Gasteiger partial charge in [-0.15, -0.1) is 0 Å². The molecule has 0 spiro atoms. The Bertz CT molecular complexity index is 431. The third-order valence-corrected chi connectivity index (χ3v) is 4.56. The monoisotopic (exact) mass is 264 g/mol. The average molecular weight is 264 g/mol. The molecular weight excluding hydrogens is 239 g/mol. The number of halogens is 1. The smallest absolute Gasteiger partial charge is 0.125 e. The Balaban J connectivity index is 2.04. The zero-order chi connectivity index (χ0) is 14.0. The molecule has 19 heavy (non-hydrogen) atoms. The molecule has 0 bridgehead atoms. The SMILES string of the molecule is CN(CC1CCCC(C)(C)C1N)c1cccc(F)c1. The van der Waals surface area contributed by atoms with E-state index in [2.05, 4.69) is 18.7 Å². The van der Waals surface area contributed by atoms with Crippen molar-refractivity contribution in [1.29, 1.82) is 0 Å². The van der Waals surface area contributed by atoms with Crippen LogP contribution in [-0.4, -0.2) is 19.6 Å². The van der Waals surface area contributed by atoms with Gasteiger partial charge in [0.15, 0.2) is 0 Å². The van der Waals surface area contributed by atoms with Gasteiger partial charge in [-0.3, -0.25) is 0 Å².